The van der Waals surface area contributed by atoms with Gasteiger partial charge in [-0.25, -0.2) is 8.78 Å². The second-order valence-electron chi connectivity index (χ2n) is 3.17. The number of esters is 2. The minimum absolute atomic E-state index is 0.346. The highest BCUT2D eigenvalue weighted by molar-refractivity contribution is 5.97. The van der Waals surface area contributed by atoms with E-state index in [0.29, 0.717) is 0 Å². The molecule has 70 valence electrons. The molecule has 0 amide bonds. The number of cyclic esters (lactones) is 2. The van der Waals surface area contributed by atoms with Gasteiger partial charge in [-0.05, 0) is 0 Å². The van der Waals surface area contributed by atoms with Crippen LogP contribution in [-0.2, 0) is 14.3 Å². The van der Waals surface area contributed by atoms with Gasteiger partial charge < -0.3 is 4.74 Å². The molecule has 3 nitrogen and oxygen atoms in total. The van der Waals surface area contributed by atoms with Gasteiger partial charge in [0.15, 0.2) is 0 Å². The number of carbonyl (C=O) groups excluding carboxylic acids is 2. The third-order valence-corrected chi connectivity index (χ3v) is 2.38. The predicted molar refractivity (Wildman–Crippen MR) is 36.6 cm³/mol. The fourth-order valence-corrected chi connectivity index (χ4v) is 1.64. The molecule has 2 unspecified atom stereocenters. The van der Waals surface area contributed by atoms with Crippen LogP contribution in [0.5, 0.6) is 0 Å². The fourth-order valence-electron chi connectivity index (χ4n) is 1.64. The number of allylic oxidation sites excluding steroid dienone is 2. The second-order valence-corrected chi connectivity index (χ2v) is 3.17. The second kappa shape index (κ2) is 2.61. The molecule has 2 atom stereocenters. The van der Waals surface area contributed by atoms with Crippen molar-refractivity contribution in [3.8, 4) is 0 Å². The van der Waals surface area contributed by atoms with Crippen LogP contribution in [0.2, 0.25) is 0 Å². The summed E-state index contributed by atoms with van der Waals surface area (Å²) < 4.78 is 29.7. The van der Waals surface area contributed by atoms with E-state index in [9.17, 15) is 18.4 Å². The van der Waals surface area contributed by atoms with E-state index in [1.807, 2.05) is 0 Å². The fraction of sp³-hybridized carbons (Fsp3) is 0.500. The molecule has 13 heavy (non-hydrogen) atoms. The minimum Gasteiger partial charge on any atom is -0.393 e. The highest BCUT2D eigenvalue weighted by atomic mass is 19.2. The quantitative estimate of drug-likeness (QED) is 0.424. The Morgan fingerprint density at radius 2 is 1.38 bits per heavy atom. The zero-order chi connectivity index (χ0) is 9.59. The maximum Gasteiger partial charge on any atom is 0.317 e. The van der Waals surface area contributed by atoms with Crippen LogP contribution in [0.15, 0.2) is 11.7 Å². The third-order valence-electron chi connectivity index (χ3n) is 2.38. The van der Waals surface area contributed by atoms with Gasteiger partial charge >= 0.3 is 11.9 Å². The van der Waals surface area contributed by atoms with E-state index in [1.165, 1.54) is 0 Å². The molecule has 1 saturated heterocycles. The monoisotopic (exact) mass is 188 g/mol. The number of carbonyl (C=O) groups is 2. The molecule has 1 heterocycles. The molecule has 0 aromatic rings. The number of fused-ring (bicyclic) bond motifs is 1. The van der Waals surface area contributed by atoms with Crippen molar-refractivity contribution in [1.29, 1.82) is 0 Å². The summed E-state index contributed by atoms with van der Waals surface area (Å²) in [4.78, 5) is 21.8. The highest BCUT2D eigenvalue weighted by Crippen LogP contribution is 2.40. The first-order valence-electron chi connectivity index (χ1n) is 3.88. The number of hydrogen-bond acceptors (Lipinski definition) is 3. The van der Waals surface area contributed by atoms with E-state index in [2.05, 4.69) is 4.74 Å². The summed E-state index contributed by atoms with van der Waals surface area (Å²) in [5.74, 6) is -4.98. The van der Waals surface area contributed by atoms with Gasteiger partial charge in [-0.15, -0.1) is 0 Å². The van der Waals surface area contributed by atoms with Gasteiger partial charge in [0.05, 0.1) is 11.8 Å². The molecular formula is C8H6F2O3. The van der Waals surface area contributed by atoms with E-state index in [1.54, 1.807) is 0 Å². The Balaban J connectivity index is 2.31. The zero-order valence-corrected chi connectivity index (χ0v) is 6.55. The summed E-state index contributed by atoms with van der Waals surface area (Å²) in [6.45, 7) is 0. The first-order chi connectivity index (χ1) is 6.09. The highest BCUT2D eigenvalue weighted by Gasteiger charge is 2.48. The minimum atomic E-state index is -0.937. The van der Waals surface area contributed by atoms with Gasteiger partial charge in [0, 0.05) is 12.8 Å². The smallest absolute Gasteiger partial charge is 0.317 e. The summed E-state index contributed by atoms with van der Waals surface area (Å²) in [6, 6.07) is 0. The van der Waals surface area contributed by atoms with Crippen LogP contribution in [-0.4, -0.2) is 11.9 Å². The SMILES string of the molecule is O=C1OC(=O)C2CC(F)=C(F)CC12. The van der Waals surface area contributed by atoms with Gasteiger partial charge in [-0.2, -0.15) is 0 Å². The van der Waals surface area contributed by atoms with Gasteiger partial charge in [0.25, 0.3) is 0 Å². The molecular weight excluding hydrogens is 182 g/mol. The van der Waals surface area contributed by atoms with Crippen molar-refractivity contribution >= 4 is 11.9 Å². The van der Waals surface area contributed by atoms with Crippen molar-refractivity contribution in [1.82, 2.24) is 0 Å². The number of hydrogen-bond donors (Lipinski definition) is 0. The third kappa shape index (κ3) is 1.15. The molecule has 0 aromatic carbocycles. The van der Waals surface area contributed by atoms with Crippen molar-refractivity contribution in [2.45, 2.75) is 12.8 Å². The summed E-state index contributed by atoms with van der Waals surface area (Å²) in [6.07, 6.45) is -0.692. The molecule has 2 aliphatic rings. The van der Waals surface area contributed by atoms with E-state index in [0.717, 1.165) is 0 Å². The van der Waals surface area contributed by atoms with Crippen molar-refractivity contribution in [2.24, 2.45) is 11.8 Å². The van der Waals surface area contributed by atoms with E-state index < -0.39 is 35.4 Å². The van der Waals surface area contributed by atoms with Crippen LogP contribution >= 0.6 is 0 Å². The number of rotatable bonds is 0. The Morgan fingerprint density at radius 1 is 1.00 bits per heavy atom. The lowest BCUT2D eigenvalue weighted by molar-refractivity contribution is -0.153. The lowest BCUT2D eigenvalue weighted by atomic mass is 9.84. The molecule has 0 N–H and O–H groups in total. The predicted octanol–water partition coefficient (Wildman–Crippen LogP) is 1.25. The molecule has 1 aliphatic carbocycles. The van der Waals surface area contributed by atoms with Gasteiger partial charge in [-0.1, -0.05) is 0 Å². The van der Waals surface area contributed by atoms with Gasteiger partial charge in [0.1, 0.15) is 11.7 Å². The lowest BCUT2D eigenvalue weighted by Gasteiger charge is -2.17. The largest absolute Gasteiger partial charge is 0.393 e. The molecule has 2 rings (SSSR count). The van der Waals surface area contributed by atoms with Crippen molar-refractivity contribution in [2.75, 3.05) is 0 Å². The lowest BCUT2D eigenvalue weighted by Crippen LogP contribution is -2.22. The van der Waals surface area contributed by atoms with Crippen LogP contribution in [0.4, 0.5) is 8.78 Å². The Morgan fingerprint density at radius 3 is 1.77 bits per heavy atom. The molecule has 0 radical (unpaired) electrons. The van der Waals surface area contributed by atoms with E-state index >= 15 is 0 Å². The Labute approximate surface area is 72.4 Å². The molecule has 0 bridgehead atoms. The summed E-state index contributed by atoms with van der Waals surface area (Å²) in [5.41, 5.74) is 0. The average molecular weight is 188 g/mol. The van der Waals surface area contributed by atoms with E-state index in [-0.39, 0.29) is 12.8 Å². The molecule has 1 aliphatic heterocycles. The molecule has 1 fully saturated rings. The number of halogens is 2. The van der Waals surface area contributed by atoms with Crippen LogP contribution in [0.1, 0.15) is 12.8 Å². The van der Waals surface area contributed by atoms with Crippen molar-refractivity contribution in [3.63, 3.8) is 0 Å². The molecule has 0 spiro atoms. The topological polar surface area (TPSA) is 43.4 Å². The Kier molecular flexibility index (Phi) is 1.68. The van der Waals surface area contributed by atoms with Crippen molar-refractivity contribution < 1.29 is 23.1 Å². The van der Waals surface area contributed by atoms with Crippen LogP contribution in [0, 0.1) is 11.8 Å². The summed E-state index contributed by atoms with van der Waals surface area (Å²) in [7, 11) is 0. The maximum atomic E-state index is 12.7. The first kappa shape index (κ1) is 8.34. The first-order valence-corrected chi connectivity index (χ1v) is 3.88. The molecule has 0 saturated carbocycles. The molecule has 0 aromatic heterocycles. The average Bonchev–Trinajstić information content (AvgIpc) is 2.31. The summed E-state index contributed by atoms with van der Waals surface area (Å²) in [5, 5.41) is 0. The number of ether oxygens (including phenoxy) is 1. The Hall–Kier alpha value is -1.26. The molecule has 5 heteroatoms. The van der Waals surface area contributed by atoms with Gasteiger partial charge in [0.2, 0.25) is 0 Å². The zero-order valence-electron chi connectivity index (χ0n) is 6.55. The Bertz CT molecular complexity index is 291. The van der Waals surface area contributed by atoms with Crippen LogP contribution in [0.3, 0.4) is 0 Å². The van der Waals surface area contributed by atoms with Crippen LogP contribution < -0.4 is 0 Å². The van der Waals surface area contributed by atoms with E-state index in [4.69, 9.17) is 0 Å². The maximum absolute atomic E-state index is 12.7. The van der Waals surface area contributed by atoms with Crippen LogP contribution in [0.25, 0.3) is 0 Å². The standard InChI is InChI=1S/C8H6F2O3/c9-5-1-3-4(2-6(5)10)8(12)13-7(3)11/h3-4H,1-2H2. The van der Waals surface area contributed by atoms with Gasteiger partial charge in [-0.3, -0.25) is 9.59 Å². The van der Waals surface area contributed by atoms with Crippen molar-refractivity contribution in [3.05, 3.63) is 11.7 Å². The normalized spacial score (nSPS) is 33.4. The summed E-state index contributed by atoms with van der Waals surface area (Å²) >= 11 is 0.